The Kier molecular flexibility index (Phi) is 8.04. The van der Waals surface area contributed by atoms with Gasteiger partial charge in [-0.25, -0.2) is 0 Å². The third-order valence-corrected chi connectivity index (χ3v) is 5.34. The van der Waals surface area contributed by atoms with Crippen LogP contribution in [0.25, 0.3) is 0 Å². The van der Waals surface area contributed by atoms with Crippen molar-refractivity contribution in [1.82, 2.24) is 9.80 Å². The number of ether oxygens (including phenoxy) is 1. The van der Waals surface area contributed by atoms with Crippen LogP contribution in [0, 0.1) is 5.92 Å². The molecule has 1 aromatic carbocycles. The summed E-state index contributed by atoms with van der Waals surface area (Å²) in [5.74, 6) is 1.48. The van der Waals surface area contributed by atoms with Crippen molar-refractivity contribution in [2.75, 3.05) is 33.3 Å². The second-order valence-electron chi connectivity index (χ2n) is 7.16. The predicted octanol–water partition coefficient (Wildman–Crippen LogP) is 3.73. The van der Waals surface area contributed by atoms with E-state index < -0.39 is 0 Å². The lowest BCUT2D eigenvalue weighted by Crippen LogP contribution is -2.44. The molecule has 0 aromatic heterocycles. The maximum absolute atomic E-state index is 12.9. The number of nitrogens with zero attached hydrogens (tertiary/aromatic N) is 2. The number of carbonyl (C=O) groups excluding carboxylic acids is 1. The summed E-state index contributed by atoms with van der Waals surface area (Å²) in [5, 5.41) is 0. The molecule has 1 unspecified atom stereocenters. The smallest absolute Gasteiger partial charge is 0.226 e. The van der Waals surface area contributed by atoms with Gasteiger partial charge in [0.2, 0.25) is 5.91 Å². The Labute approximate surface area is 157 Å². The first-order chi connectivity index (χ1) is 11.8. The van der Waals surface area contributed by atoms with Crippen LogP contribution in [-0.2, 0) is 11.3 Å². The number of carbonyl (C=O) groups is 1. The molecule has 2 fully saturated rings. The van der Waals surface area contributed by atoms with Crippen molar-refractivity contribution in [2.45, 2.75) is 45.1 Å². The molecule has 25 heavy (non-hydrogen) atoms. The van der Waals surface area contributed by atoms with Crippen LogP contribution in [0.2, 0.25) is 0 Å². The number of amides is 1. The number of hydrogen-bond acceptors (Lipinski definition) is 3. The Bertz CT molecular complexity index is 527. The van der Waals surface area contributed by atoms with Gasteiger partial charge in [-0.1, -0.05) is 25.0 Å². The first-order valence-electron chi connectivity index (χ1n) is 9.40. The molecule has 1 amide bonds. The molecular weight excluding hydrogens is 336 g/mol. The van der Waals surface area contributed by atoms with E-state index in [0.29, 0.717) is 5.91 Å². The van der Waals surface area contributed by atoms with E-state index in [1.165, 1.54) is 31.2 Å². The van der Waals surface area contributed by atoms with Gasteiger partial charge < -0.3 is 9.64 Å². The molecule has 0 aliphatic carbocycles. The highest BCUT2D eigenvalue weighted by molar-refractivity contribution is 5.85. The molecule has 0 radical (unpaired) electrons. The molecule has 1 aromatic rings. The third-order valence-electron chi connectivity index (χ3n) is 5.34. The average molecular weight is 367 g/mol. The fraction of sp³-hybridized carbons (Fsp3) is 0.650. The molecular formula is C20H31ClN2O2. The number of likely N-dealkylation sites (tertiary alicyclic amines) is 2. The van der Waals surface area contributed by atoms with Gasteiger partial charge in [0, 0.05) is 26.2 Å². The SMILES string of the molecule is COc1ccc(CN2CCCC(C(=O)N3CCCCCC3)C2)cc1.Cl. The summed E-state index contributed by atoms with van der Waals surface area (Å²) < 4.78 is 5.22. The fourth-order valence-corrected chi connectivity index (χ4v) is 3.94. The summed E-state index contributed by atoms with van der Waals surface area (Å²) in [6.45, 7) is 4.85. The Morgan fingerprint density at radius 2 is 1.72 bits per heavy atom. The summed E-state index contributed by atoms with van der Waals surface area (Å²) in [6.07, 6.45) is 7.08. The van der Waals surface area contributed by atoms with E-state index in [9.17, 15) is 4.79 Å². The van der Waals surface area contributed by atoms with E-state index in [-0.39, 0.29) is 18.3 Å². The standard InChI is InChI=1S/C20H30N2O2.ClH/c1-24-19-10-8-17(9-11-19)15-21-12-6-7-18(16-21)20(23)22-13-4-2-3-5-14-22;/h8-11,18H,2-7,12-16H2,1H3;1H. The summed E-state index contributed by atoms with van der Waals surface area (Å²) in [7, 11) is 1.69. The first-order valence-corrected chi connectivity index (χ1v) is 9.40. The first kappa shape index (κ1) is 20.1. The van der Waals surface area contributed by atoms with Crippen LogP contribution in [0.4, 0.5) is 0 Å². The van der Waals surface area contributed by atoms with Gasteiger partial charge in [0.05, 0.1) is 13.0 Å². The second kappa shape index (κ2) is 10.0. The maximum atomic E-state index is 12.9. The van der Waals surface area contributed by atoms with Crippen molar-refractivity contribution in [1.29, 1.82) is 0 Å². The summed E-state index contributed by atoms with van der Waals surface area (Å²) in [4.78, 5) is 17.4. The normalized spacial score (nSPS) is 22.0. The van der Waals surface area contributed by atoms with Crippen LogP contribution in [0.15, 0.2) is 24.3 Å². The molecule has 4 nitrogen and oxygen atoms in total. The predicted molar refractivity (Wildman–Crippen MR) is 103 cm³/mol. The van der Waals surface area contributed by atoms with Crippen molar-refractivity contribution in [3.8, 4) is 5.75 Å². The minimum Gasteiger partial charge on any atom is -0.497 e. The number of hydrogen-bond donors (Lipinski definition) is 0. The Morgan fingerprint density at radius 3 is 2.36 bits per heavy atom. The fourth-order valence-electron chi connectivity index (χ4n) is 3.94. The Balaban J connectivity index is 0.00000225. The third kappa shape index (κ3) is 5.61. The number of methoxy groups -OCH3 is 1. The van der Waals surface area contributed by atoms with Crippen LogP contribution in [0.3, 0.4) is 0 Å². The highest BCUT2D eigenvalue weighted by atomic mass is 35.5. The topological polar surface area (TPSA) is 32.8 Å². The molecule has 0 N–H and O–H groups in total. The number of halogens is 1. The van der Waals surface area contributed by atoms with E-state index >= 15 is 0 Å². The zero-order valence-electron chi connectivity index (χ0n) is 15.3. The molecule has 2 heterocycles. The molecule has 2 saturated heterocycles. The quantitative estimate of drug-likeness (QED) is 0.813. The second-order valence-corrected chi connectivity index (χ2v) is 7.16. The highest BCUT2D eigenvalue weighted by Crippen LogP contribution is 2.23. The van der Waals surface area contributed by atoms with Gasteiger partial charge in [-0.05, 0) is 49.9 Å². The number of benzene rings is 1. The van der Waals surface area contributed by atoms with Crippen LogP contribution < -0.4 is 4.74 Å². The van der Waals surface area contributed by atoms with Gasteiger partial charge in [0.1, 0.15) is 5.75 Å². The summed E-state index contributed by atoms with van der Waals surface area (Å²) >= 11 is 0. The summed E-state index contributed by atoms with van der Waals surface area (Å²) in [5.41, 5.74) is 1.29. The number of rotatable bonds is 4. The zero-order valence-corrected chi connectivity index (χ0v) is 16.1. The molecule has 0 bridgehead atoms. The lowest BCUT2D eigenvalue weighted by molar-refractivity contribution is -0.137. The Morgan fingerprint density at radius 1 is 1.04 bits per heavy atom. The van der Waals surface area contributed by atoms with Crippen molar-refractivity contribution in [3.05, 3.63) is 29.8 Å². The Hall–Kier alpha value is -1.26. The van der Waals surface area contributed by atoms with Gasteiger partial charge in [0.25, 0.3) is 0 Å². The number of piperidine rings is 1. The van der Waals surface area contributed by atoms with Crippen molar-refractivity contribution >= 4 is 18.3 Å². The monoisotopic (exact) mass is 366 g/mol. The lowest BCUT2D eigenvalue weighted by Gasteiger charge is -2.34. The lowest BCUT2D eigenvalue weighted by atomic mass is 9.96. The van der Waals surface area contributed by atoms with Crippen LogP contribution >= 0.6 is 12.4 Å². The van der Waals surface area contributed by atoms with E-state index in [2.05, 4.69) is 21.9 Å². The molecule has 140 valence electrons. The van der Waals surface area contributed by atoms with E-state index in [0.717, 1.165) is 51.3 Å². The maximum Gasteiger partial charge on any atom is 0.226 e. The molecule has 5 heteroatoms. The van der Waals surface area contributed by atoms with Crippen molar-refractivity contribution in [3.63, 3.8) is 0 Å². The molecule has 0 saturated carbocycles. The van der Waals surface area contributed by atoms with E-state index in [4.69, 9.17) is 4.74 Å². The van der Waals surface area contributed by atoms with Gasteiger partial charge in [-0.3, -0.25) is 9.69 Å². The van der Waals surface area contributed by atoms with Crippen LogP contribution in [-0.4, -0.2) is 49.0 Å². The average Bonchev–Trinajstić information content (AvgIpc) is 2.91. The molecule has 1 atom stereocenters. The minimum absolute atomic E-state index is 0. The largest absolute Gasteiger partial charge is 0.497 e. The van der Waals surface area contributed by atoms with Crippen molar-refractivity contribution in [2.24, 2.45) is 5.92 Å². The van der Waals surface area contributed by atoms with E-state index in [1.807, 2.05) is 12.1 Å². The van der Waals surface area contributed by atoms with Crippen molar-refractivity contribution < 1.29 is 9.53 Å². The van der Waals surface area contributed by atoms with Gasteiger partial charge in [-0.15, -0.1) is 12.4 Å². The van der Waals surface area contributed by atoms with Gasteiger partial charge in [0.15, 0.2) is 0 Å². The molecule has 0 spiro atoms. The summed E-state index contributed by atoms with van der Waals surface area (Å²) in [6, 6.07) is 8.27. The highest BCUT2D eigenvalue weighted by Gasteiger charge is 2.29. The van der Waals surface area contributed by atoms with Gasteiger partial charge in [-0.2, -0.15) is 0 Å². The molecule has 3 rings (SSSR count). The zero-order chi connectivity index (χ0) is 16.8. The van der Waals surface area contributed by atoms with Crippen LogP contribution in [0.1, 0.15) is 44.1 Å². The molecule has 2 aliphatic heterocycles. The molecule has 2 aliphatic rings. The van der Waals surface area contributed by atoms with Gasteiger partial charge >= 0.3 is 0 Å². The van der Waals surface area contributed by atoms with Crippen LogP contribution in [0.5, 0.6) is 5.75 Å². The minimum atomic E-state index is 0. The van der Waals surface area contributed by atoms with E-state index in [1.54, 1.807) is 7.11 Å².